The lowest BCUT2D eigenvalue weighted by Gasteiger charge is -2.35. The molecule has 0 bridgehead atoms. The van der Waals surface area contributed by atoms with E-state index in [1.54, 1.807) is 11.0 Å². The maximum absolute atomic E-state index is 13.2. The number of amides is 1. The van der Waals surface area contributed by atoms with Gasteiger partial charge in [-0.05, 0) is 22.6 Å². The van der Waals surface area contributed by atoms with Crippen molar-refractivity contribution in [3.63, 3.8) is 0 Å². The molecule has 1 aliphatic heterocycles. The van der Waals surface area contributed by atoms with Crippen molar-refractivity contribution in [2.24, 2.45) is 0 Å². The molecule has 1 N–H and O–H groups in total. The number of benzene rings is 3. The number of nitrogens with zero attached hydrogens (tertiary/aromatic N) is 1. The number of hydrogen-bond donors (Lipinski definition) is 1. The Bertz CT molecular complexity index is 1000. The van der Waals surface area contributed by atoms with Gasteiger partial charge in [-0.25, -0.2) is 0 Å². The zero-order valence-electron chi connectivity index (χ0n) is 16.5. The summed E-state index contributed by atoms with van der Waals surface area (Å²) in [6, 6.07) is 25.0. The van der Waals surface area contributed by atoms with E-state index in [2.05, 4.69) is 32.9 Å². The Morgan fingerprint density at radius 3 is 2.11 bits per heavy atom. The van der Waals surface area contributed by atoms with E-state index < -0.39 is 5.72 Å². The molecule has 3 aromatic rings. The molecule has 1 aliphatic rings. The summed E-state index contributed by atoms with van der Waals surface area (Å²) in [4.78, 5) is 14.8. The SMILES string of the molecule is CC(C)(C)c1ccc(CN2C(=O)c3ccccc3[C@]2(O)c2ccccc2)cc1. The quantitative estimate of drug-likeness (QED) is 0.716. The first kappa shape index (κ1) is 18.5. The highest BCUT2D eigenvalue weighted by Crippen LogP contribution is 2.43. The Kier molecular flexibility index (Phi) is 4.35. The highest BCUT2D eigenvalue weighted by Gasteiger charge is 2.49. The molecule has 0 unspecified atom stereocenters. The molecule has 142 valence electrons. The standard InChI is InChI=1S/C25H25NO2/c1-24(2,3)19-15-13-18(14-16-19)17-26-23(27)21-11-7-8-12-22(21)25(26,28)20-9-5-4-6-10-20/h4-16,28H,17H2,1-3H3/t25-/m1/s1. The zero-order chi connectivity index (χ0) is 19.9. The second kappa shape index (κ2) is 6.61. The normalized spacial score (nSPS) is 19.0. The lowest BCUT2D eigenvalue weighted by molar-refractivity contribution is -0.0542. The molecule has 1 heterocycles. The van der Waals surface area contributed by atoms with Crippen LogP contribution in [0.2, 0.25) is 0 Å². The minimum Gasteiger partial charge on any atom is -0.363 e. The van der Waals surface area contributed by atoms with Crippen molar-refractivity contribution in [2.45, 2.75) is 38.5 Å². The van der Waals surface area contributed by atoms with E-state index in [1.165, 1.54) is 5.56 Å². The van der Waals surface area contributed by atoms with Crippen LogP contribution in [0, 0.1) is 0 Å². The Balaban J connectivity index is 1.76. The van der Waals surface area contributed by atoms with Gasteiger partial charge in [-0.1, -0.05) is 93.6 Å². The zero-order valence-corrected chi connectivity index (χ0v) is 16.5. The maximum atomic E-state index is 13.2. The van der Waals surface area contributed by atoms with E-state index in [1.807, 2.05) is 60.7 Å². The van der Waals surface area contributed by atoms with Crippen LogP contribution in [0.4, 0.5) is 0 Å². The molecule has 28 heavy (non-hydrogen) atoms. The summed E-state index contributed by atoms with van der Waals surface area (Å²) in [6.07, 6.45) is 0. The number of carbonyl (C=O) groups is 1. The van der Waals surface area contributed by atoms with Gasteiger partial charge in [0.2, 0.25) is 0 Å². The Morgan fingerprint density at radius 1 is 0.857 bits per heavy atom. The molecule has 0 fully saturated rings. The number of hydrogen-bond acceptors (Lipinski definition) is 2. The number of rotatable bonds is 3. The fourth-order valence-corrected chi connectivity index (χ4v) is 3.87. The van der Waals surface area contributed by atoms with Gasteiger partial charge in [0.1, 0.15) is 0 Å². The molecule has 0 aliphatic carbocycles. The van der Waals surface area contributed by atoms with Gasteiger partial charge < -0.3 is 5.11 Å². The predicted molar refractivity (Wildman–Crippen MR) is 111 cm³/mol. The van der Waals surface area contributed by atoms with Gasteiger partial charge in [0.25, 0.3) is 5.91 Å². The van der Waals surface area contributed by atoms with E-state index in [9.17, 15) is 9.90 Å². The molecule has 1 atom stereocenters. The maximum Gasteiger partial charge on any atom is 0.257 e. The van der Waals surface area contributed by atoms with Gasteiger partial charge >= 0.3 is 0 Å². The van der Waals surface area contributed by atoms with E-state index >= 15 is 0 Å². The molecular weight excluding hydrogens is 346 g/mol. The smallest absolute Gasteiger partial charge is 0.257 e. The first-order valence-corrected chi connectivity index (χ1v) is 9.60. The van der Waals surface area contributed by atoms with Gasteiger partial charge in [-0.2, -0.15) is 0 Å². The topological polar surface area (TPSA) is 40.5 Å². The van der Waals surface area contributed by atoms with Crippen molar-refractivity contribution in [1.82, 2.24) is 4.90 Å². The van der Waals surface area contributed by atoms with Gasteiger partial charge in [0.05, 0.1) is 0 Å². The van der Waals surface area contributed by atoms with Crippen LogP contribution >= 0.6 is 0 Å². The van der Waals surface area contributed by atoms with Crippen molar-refractivity contribution >= 4 is 5.91 Å². The Morgan fingerprint density at radius 2 is 1.46 bits per heavy atom. The summed E-state index contributed by atoms with van der Waals surface area (Å²) in [5.41, 5.74) is 2.71. The summed E-state index contributed by atoms with van der Waals surface area (Å²) in [7, 11) is 0. The molecule has 0 spiro atoms. The Labute approximate surface area is 166 Å². The molecule has 1 amide bonds. The van der Waals surface area contributed by atoms with Gasteiger partial charge in [0.15, 0.2) is 5.72 Å². The Hall–Kier alpha value is -2.91. The first-order chi connectivity index (χ1) is 13.3. The van der Waals surface area contributed by atoms with Crippen molar-refractivity contribution in [1.29, 1.82) is 0 Å². The monoisotopic (exact) mass is 371 g/mol. The van der Waals surface area contributed by atoms with Gasteiger partial charge in [-0.15, -0.1) is 0 Å². The molecule has 0 saturated carbocycles. The number of fused-ring (bicyclic) bond motifs is 1. The van der Waals surface area contributed by atoms with Crippen molar-refractivity contribution in [3.8, 4) is 0 Å². The van der Waals surface area contributed by atoms with Crippen LogP contribution in [0.1, 0.15) is 53.4 Å². The fraction of sp³-hybridized carbons (Fsp3) is 0.240. The molecular formula is C25H25NO2. The molecule has 0 saturated heterocycles. The molecule has 3 aromatic carbocycles. The van der Waals surface area contributed by atoms with Crippen LogP contribution in [-0.4, -0.2) is 15.9 Å². The van der Waals surface area contributed by atoms with Crippen LogP contribution < -0.4 is 0 Å². The average Bonchev–Trinajstić information content (AvgIpc) is 2.92. The summed E-state index contributed by atoms with van der Waals surface area (Å²) in [6.45, 7) is 6.87. The molecule has 3 nitrogen and oxygen atoms in total. The van der Waals surface area contributed by atoms with Crippen molar-refractivity contribution in [2.75, 3.05) is 0 Å². The minimum atomic E-state index is -1.47. The van der Waals surface area contributed by atoms with E-state index in [-0.39, 0.29) is 11.3 Å². The van der Waals surface area contributed by atoms with E-state index in [0.29, 0.717) is 23.2 Å². The van der Waals surface area contributed by atoms with Gasteiger partial charge in [0, 0.05) is 23.2 Å². The largest absolute Gasteiger partial charge is 0.363 e. The lowest BCUT2D eigenvalue weighted by Crippen LogP contribution is -2.44. The van der Waals surface area contributed by atoms with Crippen molar-refractivity contribution in [3.05, 3.63) is 107 Å². The number of carbonyl (C=O) groups excluding carboxylic acids is 1. The third kappa shape index (κ3) is 2.92. The molecule has 3 heteroatoms. The molecule has 0 aromatic heterocycles. The number of aliphatic hydroxyl groups is 1. The lowest BCUT2D eigenvalue weighted by atomic mass is 9.86. The van der Waals surface area contributed by atoms with E-state index in [4.69, 9.17) is 0 Å². The third-order valence-corrected chi connectivity index (χ3v) is 5.51. The molecule has 4 rings (SSSR count). The summed E-state index contributed by atoms with van der Waals surface area (Å²) < 4.78 is 0. The average molecular weight is 371 g/mol. The van der Waals surface area contributed by atoms with Crippen LogP contribution in [0.25, 0.3) is 0 Å². The van der Waals surface area contributed by atoms with Crippen LogP contribution in [0.3, 0.4) is 0 Å². The highest BCUT2D eigenvalue weighted by atomic mass is 16.3. The van der Waals surface area contributed by atoms with Crippen LogP contribution in [0.15, 0.2) is 78.9 Å². The second-order valence-electron chi connectivity index (χ2n) is 8.42. The summed E-state index contributed by atoms with van der Waals surface area (Å²) in [5, 5.41) is 11.8. The summed E-state index contributed by atoms with van der Waals surface area (Å²) in [5.74, 6) is -0.151. The van der Waals surface area contributed by atoms with Crippen molar-refractivity contribution < 1.29 is 9.90 Å². The van der Waals surface area contributed by atoms with Gasteiger partial charge in [-0.3, -0.25) is 9.69 Å². The van der Waals surface area contributed by atoms with Crippen LogP contribution in [-0.2, 0) is 17.7 Å². The van der Waals surface area contributed by atoms with E-state index in [0.717, 1.165) is 5.56 Å². The predicted octanol–water partition coefficient (Wildman–Crippen LogP) is 4.83. The first-order valence-electron chi connectivity index (χ1n) is 9.60. The second-order valence-corrected chi connectivity index (χ2v) is 8.42. The van der Waals surface area contributed by atoms with Crippen LogP contribution in [0.5, 0.6) is 0 Å². The highest BCUT2D eigenvalue weighted by molar-refractivity contribution is 6.00. The molecule has 0 radical (unpaired) electrons. The minimum absolute atomic E-state index is 0.0724. The summed E-state index contributed by atoms with van der Waals surface area (Å²) >= 11 is 0. The fourth-order valence-electron chi connectivity index (χ4n) is 3.87. The third-order valence-electron chi connectivity index (χ3n) is 5.51.